The Bertz CT molecular complexity index is 838. The van der Waals surface area contributed by atoms with Crippen LogP contribution in [0.3, 0.4) is 0 Å². The second kappa shape index (κ2) is 9.63. The van der Waals surface area contributed by atoms with E-state index in [1.165, 1.54) is 18.2 Å². The number of carbonyl (C=O) groups excluding carboxylic acids is 3. The van der Waals surface area contributed by atoms with Gasteiger partial charge in [0, 0.05) is 12.2 Å². The number of esters is 2. The second-order valence-electron chi connectivity index (χ2n) is 7.11. The van der Waals surface area contributed by atoms with Crippen molar-refractivity contribution in [2.45, 2.75) is 50.5 Å². The van der Waals surface area contributed by atoms with E-state index in [0.717, 1.165) is 0 Å². The van der Waals surface area contributed by atoms with Gasteiger partial charge in [-0.05, 0) is 25.0 Å². The van der Waals surface area contributed by atoms with Gasteiger partial charge < -0.3 is 19.2 Å². The standard InChI is InChI=1S/C18H18BF5O7/c1-17(20,21)7-12(25)6-11-5-10-3-2-4-13(15(10)31-19(11)28)16(27)30-9-29-14(26)8-18(22,23)24/h2-4,11,28H,5-9H2,1H3/t11-/m1/s1. The highest BCUT2D eigenvalue weighted by molar-refractivity contribution is 6.47. The Morgan fingerprint density at radius 2 is 1.84 bits per heavy atom. The van der Waals surface area contributed by atoms with Crippen molar-refractivity contribution in [2.24, 2.45) is 0 Å². The predicted octanol–water partition coefficient (Wildman–Crippen LogP) is 3.09. The first-order valence-electron chi connectivity index (χ1n) is 9.01. The van der Waals surface area contributed by atoms with Crippen molar-refractivity contribution in [1.29, 1.82) is 0 Å². The Hall–Kier alpha value is -2.70. The summed E-state index contributed by atoms with van der Waals surface area (Å²) in [5.41, 5.74) is 0.183. The molecule has 1 aliphatic heterocycles. The Labute approximate surface area is 173 Å². The molecule has 1 atom stereocenters. The first-order chi connectivity index (χ1) is 14.2. The Morgan fingerprint density at radius 1 is 1.16 bits per heavy atom. The van der Waals surface area contributed by atoms with E-state index < -0.39 is 62.4 Å². The summed E-state index contributed by atoms with van der Waals surface area (Å²) in [6.45, 7) is -0.464. The van der Waals surface area contributed by atoms with Gasteiger partial charge in [0.05, 0.1) is 6.42 Å². The van der Waals surface area contributed by atoms with E-state index in [1.807, 2.05) is 0 Å². The van der Waals surface area contributed by atoms with Gasteiger partial charge in [0.25, 0.3) is 5.92 Å². The summed E-state index contributed by atoms with van der Waals surface area (Å²) < 4.78 is 76.2. The highest BCUT2D eigenvalue weighted by Crippen LogP contribution is 2.37. The summed E-state index contributed by atoms with van der Waals surface area (Å²) in [6, 6.07) is 4.19. The van der Waals surface area contributed by atoms with Crippen LogP contribution >= 0.6 is 0 Å². The molecule has 2 rings (SSSR count). The van der Waals surface area contributed by atoms with E-state index in [2.05, 4.69) is 9.47 Å². The maximum absolute atomic E-state index is 13.0. The van der Waals surface area contributed by atoms with Crippen molar-refractivity contribution in [1.82, 2.24) is 0 Å². The average molecular weight is 452 g/mol. The van der Waals surface area contributed by atoms with Crippen LogP contribution in [-0.2, 0) is 25.5 Å². The van der Waals surface area contributed by atoms with Crippen molar-refractivity contribution in [2.75, 3.05) is 6.79 Å². The molecular formula is C18H18BF5O7. The predicted molar refractivity (Wildman–Crippen MR) is 94.4 cm³/mol. The normalized spacial score (nSPS) is 16.2. The molecule has 0 spiro atoms. The summed E-state index contributed by atoms with van der Waals surface area (Å²) in [6.07, 6.45) is -7.92. The Kier molecular flexibility index (Phi) is 7.63. The van der Waals surface area contributed by atoms with Crippen molar-refractivity contribution in [3.8, 4) is 5.75 Å². The molecule has 0 unspecified atom stereocenters. The van der Waals surface area contributed by atoms with Crippen molar-refractivity contribution in [3.05, 3.63) is 29.3 Å². The molecule has 1 aromatic carbocycles. The number of benzene rings is 1. The van der Waals surface area contributed by atoms with Crippen LogP contribution in [0.5, 0.6) is 5.75 Å². The van der Waals surface area contributed by atoms with E-state index >= 15 is 0 Å². The number of alkyl halides is 5. The number of ether oxygens (including phenoxy) is 2. The van der Waals surface area contributed by atoms with E-state index in [9.17, 15) is 41.4 Å². The number of carbonyl (C=O) groups is 3. The quantitative estimate of drug-likeness (QED) is 0.280. The molecule has 31 heavy (non-hydrogen) atoms. The molecule has 1 heterocycles. The third-order valence-electron chi connectivity index (χ3n) is 4.19. The van der Waals surface area contributed by atoms with Crippen LogP contribution < -0.4 is 4.65 Å². The summed E-state index contributed by atoms with van der Waals surface area (Å²) >= 11 is 0. The number of hydrogen-bond donors (Lipinski definition) is 1. The molecule has 0 saturated heterocycles. The molecule has 0 amide bonds. The first kappa shape index (κ1) is 24.6. The van der Waals surface area contributed by atoms with E-state index in [1.54, 1.807) is 0 Å². The molecule has 170 valence electrons. The summed E-state index contributed by atoms with van der Waals surface area (Å²) in [5.74, 6) is -7.59. The highest BCUT2D eigenvalue weighted by Gasteiger charge is 2.39. The van der Waals surface area contributed by atoms with E-state index in [-0.39, 0.29) is 24.2 Å². The molecule has 0 saturated carbocycles. The maximum atomic E-state index is 13.0. The third kappa shape index (κ3) is 7.81. The molecule has 1 aromatic rings. The largest absolute Gasteiger partial charge is 0.535 e. The number of ketones is 1. The van der Waals surface area contributed by atoms with Gasteiger partial charge in [0.1, 0.15) is 23.5 Å². The van der Waals surface area contributed by atoms with Crippen LogP contribution in [0.15, 0.2) is 18.2 Å². The Morgan fingerprint density at radius 3 is 2.45 bits per heavy atom. The molecule has 0 aliphatic carbocycles. The monoisotopic (exact) mass is 452 g/mol. The molecule has 1 aliphatic rings. The fraction of sp³-hybridized carbons (Fsp3) is 0.500. The number of para-hydroxylation sites is 1. The zero-order chi connectivity index (χ0) is 23.4. The Balaban J connectivity index is 2.00. The van der Waals surface area contributed by atoms with Crippen LogP contribution in [0.25, 0.3) is 0 Å². The van der Waals surface area contributed by atoms with Crippen molar-refractivity contribution < 1.29 is 55.5 Å². The summed E-state index contributed by atoms with van der Waals surface area (Å²) in [5, 5.41) is 10.1. The first-order valence-corrected chi connectivity index (χ1v) is 9.01. The number of rotatable bonds is 8. The van der Waals surface area contributed by atoms with Gasteiger partial charge >= 0.3 is 25.2 Å². The minimum Gasteiger partial charge on any atom is -0.535 e. The van der Waals surface area contributed by atoms with Gasteiger partial charge in [-0.3, -0.25) is 9.59 Å². The maximum Gasteiger partial charge on any atom is 0.526 e. The second-order valence-corrected chi connectivity index (χ2v) is 7.11. The molecule has 0 radical (unpaired) electrons. The fourth-order valence-electron chi connectivity index (χ4n) is 2.97. The molecule has 0 aromatic heterocycles. The highest BCUT2D eigenvalue weighted by atomic mass is 19.4. The average Bonchev–Trinajstić information content (AvgIpc) is 2.58. The zero-order valence-electron chi connectivity index (χ0n) is 16.2. The molecule has 13 heteroatoms. The SMILES string of the molecule is CC(F)(F)CC(=O)C[C@H]1Cc2cccc(C(=O)OCOC(=O)CC(F)(F)F)c2OB1O. The van der Waals surface area contributed by atoms with Gasteiger partial charge in [-0.2, -0.15) is 13.2 Å². The summed E-state index contributed by atoms with van der Waals surface area (Å²) in [7, 11) is -1.57. The van der Waals surface area contributed by atoms with Crippen molar-refractivity contribution >= 4 is 24.8 Å². The van der Waals surface area contributed by atoms with Gasteiger partial charge in [0.2, 0.25) is 6.79 Å². The van der Waals surface area contributed by atoms with Crippen LogP contribution in [-0.4, -0.2) is 48.8 Å². The van der Waals surface area contributed by atoms with Gasteiger partial charge in [-0.25, -0.2) is 13.6 Å². The number of hydrogen-bond acceptors (Lipinski definition) is 7. The molecule has 0 fully saturated rings. The van der Waals surface area contributed by atoms with Crippen molar-refractivity contribution in [3.63, 3.8) is 0 Å². The number of halogens is 5. The lowest BCUT2D eigenvalue weighted by Gasteiger charge is -2.28. The smallest absolute Gasteiger partial charge is 0.526 e. The van der Waals surface area contributed by atoms with E-state index in [0.29, 0.717) is 12.5 Å². The number of Topliss-reactive ketones (excluding diaryl/α,β-unsaturated/α-hetero) is 1. The van der Waals surface area contributed by atoms with Gasteiger partial charge in [-0.1, -0.05) is 12.1 Å². The lowest BCUT2D eigenvalue weighted by Crippen LogP contribution is -2.36. The van der Waals surface area contributed by atoms with Gasteiger partial charge in [0.15, 0.2) is 0 Å². The number of fused-ring (bicyclic) bond motifs is 1. The van der Waals surface area contributed by atoms with E-state index in [4.69, 9.17) is 4.65 Å². The molecule has 7 nitrogen and oxygen atoms in total. The minimum atomic E-state index is -4.77. The molecule has 1 N–H and O–H groups in total. The zero-order valence-corrected chi connectivity index (χ0v) is 16.2. The van der Waals surface area contributed by atoms with Crippen LogP contribution in [0.2, 0.25) is 5.82 Å². The van der Waals surface area contributed by atoms with Crippen LogP contribution in [0.4, 0.5) is 22.0 Å². The minimum absolute atomic E-state index is 0.0409. The lowest BCUT2D eigenvalue weighted by atomic mass is 9.64. The van der Waals surface area contributed by atoms with Crippen LogP contribution in [0, 0.1) is 0 Å². The van der Waals surface area contributed by atoms with Crippen LogP contribution in [0.1, 0.15) is 42.1 Å². The third-order valence-corrected chi connectivity index (χ3v) is 4.19. The van der Waals surface area contributed by atoms with Gasteiger partial charge in [-0.15, -0.1) is 0 Å². The molecular weight excluding hydrogens is 434 g/mol. The topological polar surface area (TPSA) is 99.1 Å². The summed E-state index contributed by atoms with van der Waals surface area (Å²) in [4.78, 5) is 35.0. The lowest BCUT2D eigenvalue weighted by molar-refractivity contribution is -0.177. The fourth-order valence-corrected chi connectivity index (χ4v) is 2.97. The molecule has 0 bridgehead atoms.